The van der Waals surface area contributed by atoms with Gasteiger partial charge in [-0.15, -0.1) is 0 Å². The van der Waals surface area contributed by atoms with Crippen molar-refractivity contribution in [3.8, 4) is 5.88 Å². The molecule has 6 heteroatoms. The van der Waals surface area contributed by atoms with Crippen molar-refractivity contribution in [2.75, 3.05) is 26.2 Å². The molecule has 28 heavy (non-hydrogen) atoms. The van der Waals surface area contributed by atoms with Crippen LogP contribution in [0.15, 0.2) is 30.6 Å². The average Bonchev–Trinajstić information content (AvgIpc) is 2.73. The topological polar surface area (TPSA) is 67.3 Å². The van der Waals surface area contributed by atoms with Crippen LogP contribution in [0.4, 0.5) is 0 Å². The molecular formula is C22H30N4O2. The summed E-state index contributed by atoms with van der Waals surface area (Å²) in [5.74, 6) is 1.23. The molecule has 0 radical (unpaired) electrons. The summed E-state index contributed by atoms with van der Waals surface area (Å²) in [6.45, 7) is 3.29. The van der Waals surface area contributed by atoms with Crippen LogP contribution in [0.25, 0.3) is 10.9 Å². The number of aromatic nitrogens is 2. The summed E-state index contributed by atoms with van der Waals surface area (Å²) in [7, 11) is 0. The predicted molar refractivity (Wildman–Crippen MR) is 109 cm³/mol. The van der Waals surface area contributed by atoms with E-state index in [0.29, 0.717) is 5.88 Å². The Hall–Kier alpha value is -2.21. The Labute approximate surface area is 166 Å². The van der Waals surface area contributed by atoms with Gasteiger partial charge >= 0.3 is 0 Å². The van der Waals surface area contributed by atoms with Crippen molar-refractivity contribution in [1.82, 2.24) is 20.2 Å². The van der Waals surface area contributed by atoms with Gasteiger partial charge in [-0.2, -0.15) is 0 Å². The number of rotatable bonds is 6. The molecule has 1 saturated carbocycles. The standard InChI is InChI=1S/C22H30N4O2/c27-21(15-28-22-19-10-4-5-11-20(19)23-16-24-22)25-18-9-6-12-26(14-18)13-17-7-2-1-3-8-17/h4-5,10-11,16-18H,1-3,6-9,12-15H2,(H,25,27)/t18-/m1/s1. The maximum atomic E-state index is 12.4. The Morgan fingerprint density at radius 1 is 1.11 bits per heavy atom. The first kappa shape index (κ1) is 19.1. The molecular weight excluding hydrogens is 352 g/mol. The maximum Gasteiger partial charge on any atom is 0.258 e. The van der Waals surface area contributed by atoms with Gasteiger partial charge in [-0.1, -0.05) is 31.4 Å². The molecule has 0 spiro atoms. The van der Waals surface area contributed by atoms with Gasteiger partial charge in [-0.05, 0) is 50.3 Å². The van der Waals surface area contributed by atoms with E-state index in [1.165, 1.54) is 45.0 Å². The van der Waals surface area contributed by atoms with Crippen LogP contribution >= 0.6 is 0 Å². The number of para-hydroxylation sites is 1. The number of hydrogen-bond acceptors (Lipinski definition) is 5. The van der Waals surface area contributed by atoms with Crippen molar-refractivity contribution in [3.05, 3.63) is 30.6 Å². The van der Waals surface area contributed by atoms with Gasteiger partial charge in [0.05, 0.1) is 10.9 Å². The van der Waals surface area contributed by atoms with Crippen molar-refractivity contribution in [2.45, 2.75) is 51.0 Å². The number of hydrogen-bond donors (Lipinski definition) is 1. The van der Waals surface area contributed by atoms with Crippen LogP contribution in [0.2, 0.25) is 0 Å². The zero-order valence-corrected chi connectivity index (χ0v) is 16.5. The lowest BCUT2D eigenvalue weighted by Crippen LogP contribution is -2.49. The maximum absolute atomic E-state index is 12.4. The molecule has 0 unspecified atom stereocenters. The summed E-state index contributed by atoms with van der Waals surface area (Å²) < 4.78 is 5.69. The SMILES string of the molecule is O=C(COc1ncnc2ccccc12)N[C@@H]1CCCN(CC2CCCCC2)C1. The van der Waals surface area contributed by atoms with Crippen LogP contribution < -0.4 is 10.1 Å². The smallest absolute Gasteiger partial charge is 0.258 e. The first-order chi connectivity index (χ1) is 13.8. The number of carbonyl (C=O) groups excluding carboxylic acids is 1. The van der Waals surface area contributed by atoms with Gasteiger partial charge in [-0.3, -0.25) is 4.79 Å². The fourth-order valence-corrected chi connectivity index (χ4v) is 4.57. The normalized spacial score (nSPS) is 21.5. The molecule has 150 valence electrons. The molecule has 2 fully saturated rings. The van der Waals surface area contributed by atoms with Crippen LogP contribution in [-0.2, 0) is 4.79 Å². The van der Waals surface area contributed by atoms with Gasteiger partial charge in [0.15, 0.2) is 6.61 Å². The number of piperidine rings is 1. The van der Waals surface area contributed by atoms with E-state index in [-0.39, 0.29) is 18.6 Å². The first-order valence-electron chi connectivity index (χ1n) is 10.6. The Bertz CT molecular complexity index is 786. The third-order valence-corrected chi connectivity index (χ3v) is 5.96. The molecule has 1 aliphatic carbocycles. The second kappa shape index (κ2) is 9.32. The van der Waals surface area contributed by atoms with Crippen molar-refractivity contribution in [2.24, 2.45) is 5.92 Å². The molecule has 1 aromatic carbocycles. The second-order valence-corrected chi connectivity index (χ2v) is 8.15. The van der Waals surface area contributed by atoms with Gasteiger partial charge in [0.25, 0.3) is 5.91 Å². The number of carbonyl (C=O) groups is 1. The van der Waals surface area contributed by atoms with Crippen LogP contribution in [0.3, 0.4) is 0 Å². The average molecular weight is 383 g/mol. The van der Waals surface area contributed by atoms with Crippen molar-refractivity contribution in [3.63, 3.8) is 0 Å². The molecule has 1 amide bonds. The molecule has 0 bridgehead atoms. The van der Waals surface area contributed by atoms with Gasteiger partial charge in [0.2, 0.25) is 5.88 Å². The molecule has 6 nitrogen and oxygen atoms in total. The fourth-order valence-electron chi connectivity index (χ4n) is 4.57. The highest BCUT2D eigenvalue weighted by atomic mass is 16.5. The molecule has 1 N–H and O–H groups in total. The lowest BCUT2D eigenvalue weighted by Gasteiger charge is -2.36. The van der Waals surface area contributed by atoms with E-state index in [9.17, 15) is 4.79 Å². The third kappa shape index (κ3) is 4.98. The van der Waals surface area contributed by atoms with Crippen molar-refractivity contribution >= 4 is 16.8 Å². The highest BCUT2D eigenvalue weighted by Crippen LogP contribution is 2.25. The van der Waals surface area contributed by atoms with Crippen molar-refractivity contribution < 1.29 is 9.53 Å². The summed E-state index contributed by atoms with van der Waals surface area (Å²) >= 11 is 0. The van der Waals surface area contributed by atoms with Crippen LogP contribution in [-0.4, -0.2) is 53.1 Å². The Morgan fingerprint density at radius 3 is 2.86 bits per heavy atom. The Morgan fingerprint density at radius 2 is 1.96 bits per heavy atom. The number of ether oxygens (including phenoxy) is 1. The van der Waals surface area contributed by atoms with Gasteiger partial charge in [-0.25, -0.2) is 9.97 Å². The minimum Gasteiger partial charge on any atom is -0.467 e. The monoisotopic (exact) mass is 382 g/mol. The lowest BCUT2D eigenvalue weighted by molar-refractivity contribution is -0.124. The van der Waals surface area contributed by atoms with Gasteiger partial charge < -0.3 is 15.0 Å². The predicted octanol–water partition coefficient (Wildman–Crippen LogP) is 3.17. The highest BCUT2D eigenvalue weighted by Gasteiger charge is 2.24. The molecule has 2 aromatic rings. The summed E-state index contributed by atoms with van der Waals surface area (Å²) in [5.41, 5.74) is 0.818. The number of fused-ring (bicyclic) bond motifs is 1. The third-order valence-electron chi connectivity index (χ3n) is 5.96. The Kier molecular flexibility index (Phi) is 6.37. The van der Waals surface area contributed by atoms with Crippen LogP contribution in [0.5, 0.6) is 5.88 Å². The minimum atomic E-state index is -0.0767. The van der Waals surface area contributed by atoms with Crippen LogP contribution in [0, 0.1) is 5.92 Å². The summed E-state index contributed by atoms with van der Waals surface area (Å²) in [6.07, 6.45) is 10.6. The number of nitrogens with zero attached hydrogens (tertiary/aromatic N) is 3. The quantitative estimate of drug-likeness (QED) is 0.831. The van der Waals surface area contributed by atoms with E-state index in [1.807, 2.05) is 24.3 Å². The minimum absolute atomic E-state index is 0.0138. The molecule has 2 aliphatic rings. The zero-order valence-electron chi connectivity index (χ0n) is 16.5. The molecule has 4 rings (SSSR count). The first-order valence-corrected chi connectivity index (χ1v) is 10.6. The molecule has 1 aliphatic heterocycles. The summed E-state index contributed by atoms with van der Waals surface area (Å²) in [6, 6.07) is 7.88. The van der Waals surface area contributed by atoms with E-state index in [4.69, 9.17) is 4.74 Å². The van der Waals surface area contributed by atoms with Crippen LogP contribution in [0.1, 0.15) is 44.9 Å². The number of amides is 1. The lowest BCUT2D eigenvalue weighted by atomic mass is 9.88. The molecule has 1 atom stereocenters. The fraction of sp³-hybridized carbons (Fsp3) is 0.591. The van der Waals surface area contributed by atoms with Gasteiger partial charge in [0.1, 0.15) is 6.33 Å². The van der Waals surface area contributed by atoms with E-state index < -0.39 is 0 Å². The van der Waals surface area contributed by atoms with E-state index in [0.717, 1.165) is 42.8 Å². The van der Waals surface area contributed by atoms with E-state index in [1.54, 1.807) is 0 Å². The van der Waals surface area contributed by atoms with Gasteiger partial charge in [0, 0.05) is 19.1 Å². The molecule has 2 heterocycles. The second-order valence-electron chi connectivity index (χ2n) is 8.15. The largest absolute Gasteiger partial charge is 0.467 e. The molecule has 1 aromatic heterocycles. The summed E-state index contributed by atoms with van der Waals surface area (Å²) in [5, 5.41) is 3.98. The zero-order chi connectivity index (χ0) is 19.2. The number of nitrogens with one attached hydrogen (secondary N) is 1. The summed E-state index contributed by atoms with van der Waals surface area (Å²) in [4.78, 5) is 23.4. The van der Waals surface area contributed by atoms with Crippen molar-refractivity contribution in [1.29, 1.82) is 0 Å². The highest BCUT2D eigenvalue weighted by molar-refractivity contribution is 5.84. The Balaban J connectivity index is 1.26. The van der Waals surface area contributed by atoms with E-state index in [2.05, 4.69) is 20.2 Å². The number of likely N-dealkylation sites (tertiary alicyclic amines) is 1. The molecule has 1 saturated heterocycles. The number of benzene rings is 1. The van der Waals surface area contributed by atoms with E-state index >= 15 is 0 Å².